The zero-order chi connectivity index (χ0) is 12.3. The smallest absolute Gasteiger partial charge is 0.0908 e. The molecule has 0 amide bonds. The standard InChI is InChI=1S/C14H23NOS/c1-3-9-15-12-4-7-14(16,8-5-12)13-6-10-17-11(13)2/h6,10,12,15-16H,3-5,7-9H2,1-2H3. The SMILES string of the molecule is CCCNC1CCC(O)(c2ccsc2C)CC1. The molecule has 1 aliphatic rings. The Kier molecular flexibility index (Phi) is 4.23. The summed E-state index contributed by atoms with van der Waals surface area (Å²) in [4.78, 5) is 1.27. The van der Waals surface area contributed by atoms with Crippen molar-refractivity contribution in [1.29, 1.82) is 0 Å². The van der Waals surface area contributed by atoms with E-state index in [0.29, 0.717) is 6.04 Å². The molecule has 3 heteroatoms. The average molecular weight is 253 g/mol. The summed E-state index contributed by atoms with van der Waals surface area (Å²) in [5.41, 5.74) is 0.602. The van der Waals surface area contributed by atoms with Gasteiger partial charge in [0, 0.05) is 10.9 Å². The summed E-state index contributed by atoms with van der Waals surface area (Å²) in [6, 6.07) is 2.70. The van der Waals surface area contributed by atoms with Crippen LogP contribution >= 0.6 is 11.3 Å². The van der Waals surface area contributed by atoms with Crippen LogP contribution in [-0.4, -0.2) is 17.7 Å². The molecule has 0 saturated heterocycles. The van der Waals surface area contributed by atoms with Crippen LogP contribution in [0.1, 0.15) is 49.5 Å². The molecule has 1 saturated carbocycles. The Morgan fingerprint density at radius 2 is 2.18 bits per heavy atom. The maximum Gasteiger partial charge on any atom is 0.0908 e. The van der Waals surface area contributed by atoms with Crippen LogP contribution in [0, 0.1) is 6.92 Å². The minimum absolute atomic E-state index is 0.561. The van der Waals surface area contributed by atoms with Crippen molar-refractivity contribution in [2.24, 2.45) is 0 Å². The van der Waals surface area contributed by atoms with Crippen molar-refractivity contribution in [3.8, 4) is 0 Å². The predicted octanol–water partition coefficient (Wildman–Crippen LogP) is 3.19. The highest BCUT2D eigenvalue weighted by molar-refractivity contribution is 7.10. The lowest BCUT2D eigenvalue weighted by atomic mass is 9.78. The zero-order valence-electron chi connectivity index (χ0n) is 10.8. The Bertz CT molecular complexity index is 353. The first-order valence-electron chi connectivity index (χ1n) is 6.66. The van der Waals surface area contributed by atoms with E-state index in [1.807, 2.05) is 0 Å². The van der Waals surface area contributed by atoms with Crippen molar-refractivity contribution >= 4 is 11.3 Å². The van der Waals surface area contributed by atoms with E-state index in [4.69, 9.17) is 0 Å². The highest BCUT2D eigenvalue weighted by Gasteiger charge is 2.35. The molecule has 0 spiro atoms. The molecular formula is C14H23NOS. The van der Waals surface area contributed by atoms with Crippen LogP contribution in [0.3, 0.4) is 0 Å². The summed E-state index contributed by atoms with van der Waals surface area (Å²) in [7, 11) is 0. The molecule has 96 valence electrons. The van der Waals surface area contributed by atoms with Gasteiger partial charge in [0.2, 0.25) is 0 Å². The summed E-state index contributed by atoms with van der Waals surface area (Å²) >= 11 is 1.74. The second kappa shape index (κ2) is 5.51. The lowest BCUT2D eigenvalue weighted by Gasteiger charge is -2.36. The highest BCUT2D eigenvalue weighted by atomic mass is 32.1. The summed E-state index contributed by atoms with van der Waals surface area (Å²) < 4.78 is 0. The maximum absolute atomic E-state index is 10.7. The Morgan fingerprint density at radius 3 is 2.71 bits per heavy atom. The van der Waals surface area contributed by atoms with Crippen molar-refractivity contribution in [3.05, 3.63) is 21.9 Å². The van der Waals surface area contributed by atoms with E-state index in [1.54, 1.807) is 11.3 Å². The molecule has 17 heavy (non-hydrogen) atoms. The van der Waals surface area contributed by atoms with Gasteiger partial charge in [-0.1, -0.05) is 6.92 Å². The largest absolute Gasteiger partial charge is 0.385 e. The van der Waals surface area contributed by atoms with E-state index in [2.05, 4.69) is 30.6 Å². The average Bonchev–Trinajstić information content (AvgIpc) is 2.76. The highest BCUT2D eigenvalue weighted by Crippen LogP contribution is 2.39. The Balaban J connectivity index is 1.96. The molecule has 2 N–H and O–H groups in total. The summed E-state index contributed by atoms with van der Waals surface area (Å²) in [6.45, 7) is 5.40. The van der Waals surface area contributed by atoms with E-state index < -0.39 is 5.60 Å². The number of hydrogen-bond acceptors (Lipinski definition) is 3. The van der Waals surface area contributed by atoms with E-state index in [-0.39, 0.29) is 0 Å². The topological polar surface area (TPSA) is 32.3 Å². The van der Waals surface area contributed by atoms with E-state index in [0.717, 1.165) is 37.8 Å². The normalized spacial score (nSPS) is 29.5. The lowest BCUT2D eigenvalue weighted by Crippen LogP contribution is -2.40. The molecule has 0 radical (unpaired) electrons. The number of aryl methyl sites for hydroxylation is 1. The van der Waals surface area contributed by atoms with Gasteiger partial charge in [-0.2, -0.15) is 0 Å². The van der Waals surface area contributed by atoms with Crippen molar-refractivity contribution < 1.29 is 5.11 Å². The van der Waals surface area contributed by atoms with Gasteiger partial charge < -0.3 is 10.4 Å². The molecule has 0 unspecified atom stereocenters. The first-order chi connectivity index (χ1) is 8.15. The molecule has 2 rings (SSSR count). The first-order valence-corrected chi connectivity index (χ1v) is 7.54. The van der Waals surface area contributed by atoms with Crippen LogP contribution in [0.15, 0.2) is 11.4 Å². The van der Waals surface area contributed by atoms with Crippen LogP contribution in [0.5, 0.6) is 0 Å². The molecule has 0 bridgehead atoms. The monoisotopic (exact) mass is 253 g/mol. The van der Waals surface area contributed by atoms with Crippen LogP contribution in [0.2, 0.25) is 0 Å². The van der Waals surface area contributed by atoms with Crippen molar-refractivity contribution in [1.82, 2.24) is 5.32 Å². The molecule has 2 nitrogen and oxygen atoms in total. The molecular weight excluding hydrogens is 230 g/mol. The van der Waals surface area contributed by atoms with Crippen LogP contribution in [0.25, 0.3) is 0 Å². The molecule has 1 fully saturated rings. The molecule has 0 aromatic carbocycles. The van der Waals surface area contributed by atoms with Gasteiger partial charge in [-0.15, -0.1) is 11.3 Å². The number of aliphatic hydroxyl groups is 1. The third kappa shape index (κ3) is 2.90. The summed E-state index contributed by atoms with van der Waals surface area (Å²) in [5.74, 6) is 0. The van der Waals surface area contributed by atoms with E-state index >= 15 is 0 Å². The van der Waals surface area contributed by atoms with Gasteiger partial charge in [-0.05, 0) is 62.6 Å². The minimum Gasteiger partial charge on any atom is -0.385 e. The Labute approximate surface area is 108 Å². The molecule has 1 aliphatic carbocycles. The quantitative estimate of drug-likeness (QED) is 0.864. The van der Waals surface area contributed by atoms with Crippen LogP contribution in [-0.2, 0) is 5.60 Å². The fraction of sp³-hybridized carbons (Fsp3) is 0.714. The first kappa shape index (κ1) is 13.1. The molecule has 0 atom stereocenters. The van der Waals surface area contributed by atoms with Gasteiger partial charge in [0.05, 0.1) is 5.60 Å². The molecule has 1 aromatic rings. The lowest BCUT2D eigenvalue weighted by molar-refractivity contribution is -0.00836. The maximum atomic E-state index is 10.7. The van der Waals surface area contributed by atoms with E-state index in [9.17, 15) is 5.11 Å². The summed E-state index contributed by atoms with van der Waals surface area (Å²) in [6.07, 6.45) is 5.15. The van der Waals surface area contributed by atoms with Crippen molar-refractivity contribution in [3.63, 3.8) is 0 Å². The molecule has 1 aromatic heterocycles. The predicted molar refractivity (Wildman–Crippen MR) is 73.5 cm³/mol. The molecule has 1 heterocycles. The number of nitrogens with one attached hydrogen (secondary N) is 1. The van der Waals surface area contributed by atoms with Crippen molar-refractivity contribution in [2.75, 3.05) is 6.54 Å². The molecule has 0 aliphatic heterocycles. The van der Waals surface area contributed by atoms with Gasteiger partial charge >= 0.3 is 0 Å². The van der Waals surface area contributed by atoms with Gasteiger partial charge in [0.25, 0.3) is 0 Å². The number of rotatable bonds is 4. The minimum atomic E-state index is -0.561. The fourth-order valence-electron chi connectivity index (χ4n) is 2.79. The van der Waals surface area contributed by atoms with Crippen molar-refractivity contribution in [2.45, 2.75) is 57.6 Å². The van der Waals surface area contributed by atoms with Crippen LogP contribution in [0.4, 0.5) is 0 Å². The fourth-order valence-corrected chi connectivity index (χ4v) is 3.58. The zero-order valence-corrected chi connectivity index (χ0v) is 11.6. The second-order valence-electron chi connectivity index (χ2n) is 5.15. The second-order valence-corrected chi connectivity index (χ2v) is 6.27. The Morgan fingerprint density at radius 1 is 1.47 bits per heavy atom. The third-order valence-electron chi connectivity index (χ3n) is 3.86. The van der Waals surface area contributed by atoms with Gasteiger partial charge in [0.15, 0.2) is 0 Å². The van der Waals surface area contributed by atoms with E-state index in [1.165, 1.54) is 11.3 Å². The van der Waals surface area contributed by atoms with Gasteiger partial charge in [-0.25, -0.2) is 0 Å². The number of thiophene rings is 1. The van der Waals surface area contributed by atoms with Crippen LogP contribution < -0.4 is 5.32 Å². The number of hydrogen-bond donors (Lipinski definition) is 2. The van der Waals surface area contributed by atoms with Gasteiger partial charge in [-0.3, -0.25) is 0 Å². The summed E-state index contributed by atoms with van der Waals surface area (Å²) in [5, 5.41) is 16.4. The third-order valence-corrected chi connectivity index (χ3v) is 4.70. The Hall–Kier alpha value is -0.380. The van der Waals surface area contributed by atoms with Gasteiger partial charge in [0.1, 0.15) is 0 Å².